The van der Waals surface area contributed by atoms with E-state index in [4.69, 9.17) is 0 Å². The highest BCUT2D eigenvalue weighted by Gasteiger charge is 2.45. The second-order valence-electron chi connectivity index (χ2n) is 8.72. The predicted molar refractivity (Wildman–Crippen MR) is 100 cm³/mol. The van der Waals surface area contributed by atoms with Gasteiger partial charge in [-0.3, -0.25) is 19.3 Å². The zero-order chi connectivity index (χ0) is 20.4. The van der Waals surface area contributed by atoms with Gasteiger partial charge in [-0.2, -0.15) is 0 Å². The summed E-state index contributed by atoms with van der Waals surface area (Å²) in [4.78, 5) is 50.8. The molecule has 0 unspecified atom stereocenters. The second-order valence-corrected chi connectivity index (χ2v) is 8.72. The first-order chi connectivity index (χ1) is 12.4. The molecule has 0 spiro atoms. The van der Waals surface area contributed by atoms with Crippen LogP contribution in [0.3, 0.4) is 0 Å². The summed E-state index contributed by atoms with van der Waals surface area (Å²) in [5.41, 5.74) is 0.220. The van der Waals surface area contributed by atoms with E-state index in [0.29, 0.717) is 11.3 Å². The minimum absolute atomic E-state index is 0.00148. The Hall–Kier alpha value is -2.70. The number of imide groups is 2. The van der Waals surface area contributed by atoms with Crippen molar-refractivity contribution in [2.45, 2.75) is 53.1 Å². The Labute approximate surface area is 159 Å². The van der Waals surface area contributed by atoms with Crippen LogP contribution >= 0.6 is 0 Å². The van der Waals surface area contributed by atoms with Gasteiger partial charge >= 0.3 is 17.8 Å². The number of carbonyl (C=O) groups is 4. The third-order valence-corrected chi connectivity index (χ3v) is 4.07. The number of carbonyl (C=O) groups excluding carboxylic acids is 4. The van der Waals surface area contributed by atoms with Crippen molar-refractivity contribution in [3.05, 3.63) is 35.9 Å². The molecule has 27 heavy (non-hydrogen) atoms. The predicted octanol–water partition coefficient (Wildman–Crippen LogP) is 2.31. The van der Waals surface area contributed by atoms with Gasteiger partial charge in [-0.1, -0.05) is 51.1 Å². The molecule has 1 aromatic carbocycles. The van der Waals surface area contributed by atoms with E-state index in [9.17, 15) is 19.2 Å². The summed E-state index contributed by atoms with van der Waals surface area (Å²) < 4.78 is 0. The number of nitrogens with zero attached hydrogens (tertiary/aromatic N) is 2. The highest BCUT2D eigenvalue weighted by Crippen LogP contribution is 2.26. The minimum atomic E-state index is -0.972. The van der Waals surface area contributed by atoms with Crippen molar-refractivity contribution in [2.24, 2.45) is 5.41 Å². The molecule has 1 saturated heterocycles. The average Bonchev–Trinajstić information content (AvgIpc) is 2.71. The summed E-state index contributed by atoms with van der Waals surface area (Å²) in [6.07, 6.45) is 0.715. The van der Waals surface area contributed by atoms with E-state index in [1.807, 2.05) is 19.9 Å². The molecule has 1 aliphatic rings. The lowest BCUT2D eigenvalue weighted by atomic mass is 9.82. The Morgan fingerprint density at radius 3 is 2.04 bits per heavy atom. The average molecular weight is 373 g/mol. The molecule has 1 aliphatic heterocycles. The monoisotopic (exact) mass is 373 g/mol. The van der Waals surface area contributed by atoms with Crippen LogP contribution in [-0.2, 0) is 20.9 Å². The molecule has 0 saturated carbocycles. The van der Waals surface area contributed by atoms with E-state index < -0.39 is 35.8 Å². The smallest absolute Gasteiger partial charge is 0.335 e. The van der Waals surface area contributed by atoms with Crippen molar-refractivity contribution in [3.63, 3.8) is 0 Å². The molecule has 0 aromatic heterocycles. The van der Waals surface area contributed by atoms with Crippen molar-refractivity contribution >= 4 is 23.8 Å². The lowest BCUT2D eigenvalue weighted by Crippen LogP contribution is -2.50. The molecule has 7 nitrogen and oxygen atoms in total. The summed E-state index contributed by atoms with van der Waals surface area (Å²) in [6.45, 7) is 9.49. The van der Waals surface area contributed by atoms with Gasteiger partial charge < -0.3 is 5.32 Å². The quantitative estimate of drug-likeness (QED) is 0.612. The molecular formula is C20H27N3O4. The highest BCUT2D eigenvalue weighted by molar-refractivity contribution is 6.44. The number of amides is 5. The van der Waals surface area contributed by atoms with Crippen LogP contribution in [-0.4, -0.2) is 45.6 Å². The molecule has 1 N–H and O–H groups in total. The van der Waals surface area contributed by atoms with Gasteiger partial charge in [0.05, 0.1) is 6.54 Å². The minimum Gasteiger partial charge on any atom is -0.350 e. The Bertz CT molecular complexity index is 750. The first kappa shape index (κ1) is 20.6. The van der Waals surface area contributed by atoms with E-state index >= 15 is 0 Å². The second kappa shape index (κ2) is 7.50. The summed E-state index contributed by atoms with van der Waals surface area (Å²) in [5.74, 6) is -2.36. The summed E-state index contributed by atoms with van der Waals surface area (Å²) in [7, 11) is 0. The molecule has 5 amide bonds. The summed E-state index contributed by atoms with van der Waals surface area (Å²) in [5, 5.41) is 2.85. The van der Waals surface area contributed by atoms with E-state index in [1.165, 1.54) is 0 Å². The van der Waals surface area contributed by atoms with Gasteiger partial charge in [0.15, 0.2) is 0 Å². The number of hydrogen-bond donors (Lipinski definition) is 1. The first-order valence-electron chi connectivity index (χ1n) is 8.92. The van der Waals surface area contributed by atoms with Crippen LogP contribution in [0, 0.1) is 5.41 Å². The van der Waals surface area contributed by atoms with E-state index in [1.54, 1.807) is 24.3 Å². The molecule has 1 fully saturated rings. The molecule has 146 valence electrons. The summed E-state index contributed by atoms with van der Waals surface area (Å²) in [6, 6.07) is 8.14. The number of benzene rings is 1. The molecule has 0 aliphatic carbocycles. The zero-order valence-corrected chi connectivity index (χ0v) is 16.5. The highest BCUT2D eigenvalue weighted by atomic mass is 16.2. The molecule has 1 heterocycles. The van der Waals surface area contributed by atoms with E-state index in [-0.39, 0.29) is 12.0 Å². The molecular weight excluding hydrogens is 346 g/mol. The van der Waals surface area contributed by atoms with Crippen molar-refractivity contribution in [1.82, 2.24) is 15.1 Å². The topological polar surface area (TPSA) is 86.8 Å². The van der Waals surface area contributed by atoms with Crippen LogP contribution in [0.2, 0.25) is 0 Å². The largest absolute Gasteiger partial charge is 0.350 e. The third-order valence-electron chi connectivity index (χ3n) is 4.07. The maximum absolute atomic E-state index is 12.5. The lowest BCUT2D eigenvalue weighted by molar-refractivity contribution is -0.144. The number of nitrogens with one attached hydrogen (secondary N) is 1. The number of hydrogen-bond acceptors (Lipinski definition) is 4. The SMILES string of the molecule is CC(C)(C)CC(C)(C)NC(=O)CN1C(=O)C(=O)N(Cc2ccccc2)C1=O. The van der Waals surface area contributed by atoms with Gasteiger partial charge in [0.2, 0.25) is 5.91 Å². The van der Waals surface area contributed by atoms with Gasteiger partial charge in [0.25, 0.3) is 0 Å². The van der Waals surface area contributed by atoms with Crippen molar-refractivity contribution in [2.75, 3.05) is 6.54 Å². The zero-order valence-electron chi connectivity index (χ0n) is 16.5. The Morgan fingerprint density at radius 1 is 0.926 bits per heavy atom. The van der Waals surface area contributed by atoms with E-state index in [2.05, 4.69) is 26.1 Å². The molecule has 7 heteroatoms. The fourth-order valence-electron chi connectivity index (χ4n) is 3.53. The lowest BCUT2D eigenvalue weighted by Gasteiger charge is -2.33. The first-order valence-corrected chi connectivity index (χ1v) is 8.92. The van der Waals surface area contributed by atoms with Crippen molar-refractivity contribution < 1.29 is 19.2 Å². The molecule has 2 rings (SSSR count). The number of urea groups is 1. The Morgan fingerprint density at radius 2 is 1.48 bits per heavy atom. The van der Waals surface area contributed by atoms with Crippen molar-refractivity contribution in [1.29, 1.82) is 0 Å². The maximum atomic E-state index is 12.5. The van der Waals surface area contributed by atoms with E-state index in [0.717, 1.165) is 10.5 Å². The van der Waals surface area contributed by atoms with Crippen LogP contribution in [0.5, 0.6) is 0 Å². The van der Waals surface area contributed by atoms with Crippen LogP contribution in [0.15, 0.2) is 30.3 Å². The summed E-state index contributed by atoms with van der Waals surface area (Å²) >= 11 is 0. The van der Waals surface area contributed by atoms with Gasteiger partial charge in [-0.05, 0) is 31.2 Å². The Kier molecular flexibility index (Phi) is 5.73. The fraction of sp³-hybridized carbons (Fsp3) is 0.500. The molecule has 0 radical (unpaired) electrons. The van der Waals surface area contributed by atoms with Crippen LogP contribution in [0.1, 0.15) is 46.6 Å². The molecule has 1 aromatic rings. The Balaban J connectivity index is 2.04. The van der Waals surface area contributed by atoms with Crippen LogP contribution in [0.25, 0.3) is 0 Å². The molecule has 0 bridgehead atoms. The van der Waals surface area contributed by atoms with Gasteiger partial charge in [-0.25, -0.2) is 9.69 Å². The normalized spacial score (nSPS) is 15.5. The maximum Gasteiger partial charge on any atom is 0.335 e. The van der Waals surface area contributed by atoms with Crippen LogP contribution in [0.4, 0.5) is 4.79 Å². The fourth-order valence-corrected chi connectivity index (χ4v) is 3.53. The van der Waals surface area contributed by atoms with Gasteiger partial charge in [-0.15, -0.1) is 0 Å². The van der Waals surface area contributed by atoms with Crippen LogP contribution < -0.4 is 5.32 Å². The van der Waals surface area contributed by atoms with Gasteiger partial charge in [0.1, 0.15) is 6.54 Å². The molecule has 0 atom stereocenters. The van der Waals surface area contributed by atoms with Crippen molar-refractivity contribution in [3.8, 4) is 0 Å². The third kappa shape index (κ3) is 5.39. The van der Waals surface area contributed by atoms with Gasteiger partial charge in [0, 0.05) is 5.54 Å². The standard InChI is InChI=1S/C20H27N3O4/c1-19(2,3)13-20(4,5)21-15(24)12-23-17(26)16(25)22(18(23)27)11-14-9-7-6-8-10-14/h6-10H,11-13H2,1-5H3,(H,21,24). The number of rotatable bonds is 6.